The SMILES string of the molecule is O=C(Nc1ccc(OCCN2CCSCC2)c2ccccc12)c1ccc(-n2cccn2)cc1. The Morgan fingerprint density at radius 3 is 2.52 bits per heavy atom. The summed E-state index contributed by atoms with van der Waals surface area (Å²) in [5, 5.41) is 9.24. The minimum absolute atomic E-state index is 0.149. The van der Waals surface area contributed by atoms with E-state index in [0.717, 1.165) is 47.5 Å². The van der Waals surface area contributed by atoms with Crippen LogP contribution in [0, 0.1) is 0 Å². The van der Waals surface area contributed by atoms with Crippen LogP contribution >= 0.6 is 11.8 Å². The van der Waals surface area contributed by atoms with Gasteiger partial charge in [-0.05, 0) is 42.5 Å². The molecule has 1 fully saturated rings. The maximum atomic E-state index is 12.9. The van der Waals surface area contributed by atoms with E-state index in [-0.39, 0.29) is 5.91 Å². The number of nitrogens with one attached hydrogen (secondary N) is 1. The highest BCUT2D eigenvalue weighted by Crippen LogP contribution is 2.32. The van der Waals surface area contributed by atoms with Crippen LogP contribution < -0.4 is 10.1 Å². The lowest BCUT2D eigenvalue weighted by molar-refractivity contribution is 0.102. The molecule has 1 aliphatic heterocycles. The van der Waals surface area contributed by atoms with E-state index >= 15 is 0 Å². The molecule has 7 heteroatoms. The highest BCUT2D eigenvalue weighted by atomic mass is 32.2. The van der Waals surface area contributed by atoms with Gasteiger partial charge in [-0.15, -0.1) is 0 Å². The largest absolute Gasteiger partial charge is 0.492 e. The van der Waals surface area contributed by atoms with Gasteiger partial charge in [0, 0.05) is 65.6 Å². The molecule has 0 spiro atoms. The topological polar surface area (TPSA) is 59.4 Å². The summed E-state index contributed by atoms with van der Waals surface area (Å²) in [7, 11) is 0. The van der Waals surface area contributed by atoms with Crippen LogP contribution in [-0.4, -0.2) is 58.3 Å². The molecule has 0 unspecified atom stereocenters. The lowest BCUT2D eigenvalue weighted by atomic mass is 10.1. The van der Waals surface area contributed by atoms with Gasteiger partial charge in [0.25, 0.3) is 5.91 Å². The van der Waals surface area contributed by atoms with Crippen molar-refractivity contribution in [2.24, 2.45) is 0 Å². The van der Waals surface area contributed by atoms with Gasteiger partial charge < -0.3 is 10.1 Å². The van der Waals surface area contributed by atoms with Gasteiger partial charge in [-0.1, -0.05) is 24.3 Å². The number of carbonyl (C=O) groups is 1. The summed E-state index contributed by atoms with van der Waals surface area (Å²) < 4.78 is 7.91. The van der Waals surface area contributed by atoms with Crippen LogP contribution in [0.3, 0.4) is 0 Å². The van der Waals surface area contributed by atoms with Crippen molar-refractivity contribution in [3.63, 3.8) is 0 Å². The average molecular weight is 459 g/mol. The normalized spacial score (nSPS) is 14.3. The number of hydrogen-bond acceptors (Lipinski definition) is 5. The number of benzene rings is 3. The first-order valence-corrected chi connectivity index (χ1v) is 12.3. The van der Waals surface area contributed by atoms with Gasteiger partial charge in [0.1, 0.15) is 12.4 Å². The van der Waals surface area contributed by atoms with Crippen molar-refractivity contribution in [2.75, 3.05) is 43.1 Å². The highest BCUT2D eigenvalue weighted by Gasteiger charge is 2.13. The monoisotopic (exact) mass is 458 g/mol. The van der Waals surface area contributed by atoms with Gasteiger partial charge in [-0.25, -0.2) is 4.68 Å². The quantitative estimate of drug-likeness (QED) is 0.435. The van der Waals surface area contributed by atoms with E-state index in [1.165, 1.54) is 11.5 Å². The second kappa shape index (κ2) is 10.1. The van der Waals surface area contributed by atoms with Gasteiger partial charge in [-0.2, -0.15) is 16.9 Å². The Bertz CT molecular complexity index is 1220. The van der Waals surface area contributed by atoms with E-state index in [2.05, 4.69) is 15.3 Å². The number of rotatable bonds is 7. The molecule has 1 amide bonds. The lowest BCUT2D eigenvalue weighted by Gasteiger charge is -2.26. The van der Waals surface area contributed by atoms with Crippen LogP contribution in [-0.2, 0) is 0 Å². The number of hydrogen-bond donors (Lipinski definition) is 1. The Morgan fingerprint density at radius 1 is 0.970 bits per heavy atom. The van der Waals surface area contributed by atoms with Crippen LogP contribution in [0.5, 0.6) is 5.75 Å². The second-order valence-electron chi connectivity index (χ2n) is 7.91. The molecule has 1 aromatic heterocycles. The number of aromatic nitrogens is 2. The van der Waals surface area contributed by atoms with Crippen LogP contribution in [0.25, 0.3) is 16.5 Å². The van der Waals surface area contributed by atoms with Crippen LogP contribution in [0.2, 0.25) is 0 Å². The van der Waals surface area contributed by atoms with Crippen molar-refractivity contribution in [3.8, 4) is 11.4 Å². The predicted octanol–water partition coefficient (Wildman–Crippen LogP) is 4.71. The molecule has 3 aromatic carbocycles. The Morgan fingerprint density at radius 2 is 1.76 bits per heavy atom. The van der Waals surface area contributed by atoms with E-state index < -0.39 is 0 Å². The zero-order valence-electron chi connectivity index (χ0n) is 18.3. The molecular formula is C26H26N4O2S. The summed E-state index contributed by atoms with van der Waals surface area (Å²) in [6.07, 6.45) is 3.60. The summed E-state index contributed by atoms with van der Waals surface area (Å²) in [6.45, 7) is 3.84. The average Bonchev–Trinajstić information content (AvgIpc) is 3.41. The molecular weight excluding hydrogens is 432 g/mol. The van der Waals surface area contributed by atoms with Crippen LogP contribution in [0.15, 0.2) is 79.1 Å². The molecule has 2 heterocycles. The third kappa shape index (κ3) is 5.05. The zero-order valence-corrected chi connectivity index (χ0v) is 19.1. The summed E-state index contributed by atoms with van der Waals surface area (Å²) >= 11 is 2.01. The van der Waals surface area contributed by atoms with E-state index in [4.69, 9.17) is 4.74 Å². The zero-order chi connectivity index (χ0) is 22.5. The molecule has 6 nitrogen and oxygen atoms in total. The minimum Gasteiger partial charge on any atom is -0.492 e. The maximum absolute atomic E-state index is 12.9. The molecule has 0 atom stereocenters. The fourth-order valence-electron chi connectivity index (χ4n) is 4.00. The van der Waals surface area contributed by atoms with Crippen LogP contribution in [0.4, 0.5) is 5.69 Å². The number of nitrogens with zero attached hydrogens (tertiary/aromatic N) is 3. The van der Waals surface area contributed by atoms with Crippen molar-refractivity contribution >= 4 is 34.1 Å². The first kappa shape index (κ1) is 21.6. The number of amides is 1. The van der Waals surface area contributed by atoms with Gasteiger partial charge in [0.15, 0.2) is 0 Å². The number of anilines is 1. The third-order valence-corrected chi connectivity index (χ3v) is 6.74. The number of ether oxygens (including phenoxy) is 1. The Hall–Kier alpha value is -3.29. The van der Waals surface area contributed by atoms with E-state index in [1.807, 2.05) is 84.7 Å². The molecule has 1 saturated heterocycles. The fourth-order valence-corrected chi connectivity index (χ4v) is 4.98. The number of fused-ring (bicyclic) bond motifs is 1. The first-order chi connectivity index (χ1) is 16.3. The smallest absolute Gasteiger partial charge is 0.255 e. The van der Waals surface area contributed by atoms with E-state index in [1.54, 1.807) is 10.9 Å². The summed E-state index contributed by atoms with van der Waals surface area (Å²) in [6, 6.07) is 21.2. The second-order valence-corrected chi connectivity index (χ2v) is 9.14. The Balaban J connectivity index is 1.29. The molecule has 1 N–H and O–H groups in total. The van der Waals surface area contributed by atoms with Gasteiger partial charge >= 0.3 is 0 Å². The summed E-state index contributed by atoms with van der Waals surface area (Å²) in [4.78, 5) is 15.4. The van der Waals surface area contributed by atoms with Crippen molar-refractivity contribution in [1.29, 1.82) is 0 Å². The molecule has 0 saturated carbocycles. The molecule has 0 bridgehead atoms. The summed E-state index contributed by atoms with van der Waals surface area (Å²) in [5.74, 6) is 3.09. The van der Waals surface area contributed by atoms with Crippen LogP contribution in [0.1, 0.15) is 10.4 Å². The van der Waals surface area contributed by atoms with Crippen molar-refractivity contribution in [3.05, 3.63) is 84.7 Å². The van der Waals surface area contributed by atoms with Gasteiger partial charge in [-0.3, -0.25) is 9.69 Å². The minimum atomic E-state index is -0.149. The fraction of sp³-hybridized carbons (Fsp3) is 0.231. The number of carbonyl (C=O) groups excluding carboxylic acids is 1. The van der Waals surface area contributed by atoms with Crippen molar-refractivity contribution in [1.82, 2.24) is 14.7 Å². The Labute approximate surface area is 197 Å². The van der Waals surface area contributed by atoms with E-state index in [9.17, 15) is 4.79 Å². The first-order valence-electron chi connectivity index (χ1n) is 11.1. The maximum Gasteiger partial charge on any atom is 0.255 e. The van der Waals surface area contributed by atoms with Gasteiger partial charge in [0.05, 0.1) is 5.69 Å². The van der Waals surface area contributed by atoms with Crippen molar-refractivity contribution < 1.29 is 9.53 Å². The standard InChI is InChI=1S/C26H26N4O2S/c31-26(20-6-8-21(9-7-20)30-13-3-12-27-30)28-24-10-11-25(23-5-2-1-4-22(23)24)32-17-14-29-15-18-33-19-16-29/h1-13H,14-19H2,(H,28,31). The molecule has 33 heavy (non-hydrogen) atoms. The molecule has 0 radical (unpaired) electrons. The highest BCUT2D eigenvalue weighted by molar-refractivity contribution is 7.99. The molecule has 1 aliphatic rings. The molecule has 0 aliphatic carbocycles. The third-order valence-electron chi connectivity index (χ3n) is 5.80. The molecule has 4 aromatic rings. The van der Waals surface area contributed by atoms with E-state index in [0.29, 0.717) is 12.2 Å². The number of thioether (sulfide) groups is 1. The summed E-state index contributed by atoms with van der Waals surface area (Å²) in [5.41, 5.74) is 2.27. The predicted molar refractivity (Wildman–Crippen MR) is 135 cm³/mol. The molecule has 168 valence electrons. The van der Waals surface area contributed by atoms with Crippen molar-refractivity contribution in [2.45, 2.75) is 0 Å². The molecule has 5 rings (SSSR count). The lowest BCUT2D eigenvalue weighted by Crippen LogP contribution is -2.35. The van der Waals surface area contributed by atoms with Gasteiger partial charge in [0.2, 0.25) is 0 Å². The Kier molecular flexibility index (Phi) is 6.60.